The summed E-state index contributed by atoms with van der Waals surface area (Å²) in [6.07, 6.45) is 4.53. The zero-order valence-corrected chi connectivity index (χ0v) is 7.78. The fourth-order valence-corrected chi connectivity index (χ4v) is 1.16. The first kappa shape index (κ1) is 10.3. The zero-order chi connectivity index (χ0) is 7.07. The molecule has 0 radical (unpaired) electrons. The van der Waals surface area contributed by atoms with Gasteiger partial charge in [0.25, 0.3) is 0 Å². The van der Waals surface area contributed by atoms with Gasteiger partial charge < -0.3 is 6.08 Å². The molecule has 0 bridgehead atoms. The monoisotopic (exact) mass is 130 g/mol. The predicted octanol–water partition coefficient (Wildman–Crippen LogP) is -0.194. The van der Waals surface area contributed by atoms with Crippen molar-refractivity contribution < 1.29 is 18.9 Å². The average Bonchev–Trinajstić information content (AvgIpc) is 1.96. The van der Waals surface area contributed by atoms with Crippen molar-refractivity contribution in [3.63, 3.8) is 0 Å². The van der Waals surface area contributed by atoms with Crippen LogP contribution < -0.4 is 18.9 Å². The molecule has 0 saturated carbocycles. The second-order valence-electron chi connectivity index (χ2n) is 3.63. The van der Waals surface area contributed by atoms with Gasteiger partial charge >= 0.3 is 18.9 Å². The minimum absolute atomic E-state index is 0. The van der Waals surface area contributed by atoms with Crippen molar-refractivity contribution in [3.05, 3.63) is 11.6 Å². The molecule has 10 heavy (non-hydrogen) atoms. The molecule has 0 N–H and O–H groups in total. The summed E-state index contributed by atoms with van der Waals surface area (Å²) in [7, 11) is 0. The average molecular weight is 130 g/mol. The van der Waals surface area contributed by atoms with Crippen LogP contribution in [-0.4, -0.2) is 0 Å². The zero-order valence-electron chi connectivity index (χ0n) is 7.78. The van der Waals surface area contributed by atoms with E-state index in [-0.39, 0.29) is 18.9 Å². The Balaban J connectivity index is 0.000000810. The molecular formula is C9H15Li. The number of hydrogen-bond acceptors (Lipinski definition) is 0. The predicted molar refractivity (Wildman–Crippen MR) is 40.0 cm³/mol. The normalized spacial score (nSPS) is 29.2. The van der Waals surface area contributed by atoms with Crippen LogP contribution >= 0.6 is 0 Å². The van der Waals surface area contributed by atoms with Crippen LogP contribution in [-0.2, 0) is 0 Å². The first-order valence-electron chi connectivity index (χ1n) is 3.63. The van der Waals surface area contributed by atoms with Crippen LogP contribution in [0.25, 0.3) is 0 Å². The Morgan fingerprint density at radius 3 is 2.10 bits per heavy atom. The van der Waals surface area contributed by atoms with Crippen LogP contribution in [0, 0.1) is 17.4 Å². The van der Waals surface area contributed by atoms with Crippen LogP contribution in [0.2, 0.25) is 0 Å². The molecule has 0 amide bonds. The van der Waals surface area contributed by atoms with Gasteiger partial charge in [0, 0.05) is 0 Å². The molecule has 1 rings (SSSR count). The Morgan fingerprint density at radius 1 is 1.50 bits per heavy atom. The Kier molecular flexibility index (Phi) is 3.26. The van der Waals surface area contributed by atoms with Crippen molar-refractivity contribution in [2.45, 2.75) is 34.1 Å². The van der Waals surface area contributed by atoms with Crippen molar-refractivity contribution in [1.29, 1.82) is 0 Å². The number of hydrogen-bond donors (Lipinski definition) is 0. The van der Waals surface area contributed by atoms with Crippen molar-refractivity contribution in [1.82, 2.24) is 0 Å². The van der Waals surface area contributed by atoms with Gasteiger partial charge in [0.2, 0.25) is 0 Å². The van der Waals surface area contributed by atoms with Gasteiger partial charge in [-0.1, -0.05) is 33.6 Å². The van der Waals surface area contributed by atoms with Crippen LogP contribution in [0.5, 0.6) is 0 Å². The standard InChI is InChI=1S/C9H15.Li/c1-7-5-6-8(2)9(7,3)4;/h7H,5H2,1-4H3;/q-1;+1. The molecular weight excluding hydrogens is 115 g/mol. The summed E-state index contributed by atoms with van der Waals surface area (Å²) in [6.45, 7) is 9.08. The fourth-order valence-electron chi connectivity index (χ4n) is 1.16. The maximum Gasteiger partial charge on any atom is 1.00 e. The summed E-state index contributed by atoms with van der Waals surface area (Å²) in [5, 5.41) is 0. The molecule has 0 saturated heterocycles. The van der Waals surface area contributed by atoms with Gasteiger partial charge in [-0.3, -0.25) is 5.57 Å². The molecule has 0 aromatic carbocycles. The summed E-state index contributed by atoms with van der Waals surface area (Å²) >= 11 is 0. The quantitative estimate of drug-likeness (QED) is 0.315. The Hall–Kier alpha value is 0.337. The van der Waals surface area contributed by atoms with Crippen molar-refractivity contribution >= 4 is 0 Å². The molecule has 1 aliphatic carbocycles. The van der Waals surface area contributed by atoms with Gasteiger partial charge in [0.15, 0.2) is 0 Å². The minimum atomic E-state index is 0. The minimum Gasteiger partial charge on any atom is -0.497 e. The third-order valence-electron chi connectivity index (χ3n) is 2.87. The Bertz CT molecular complexity index is 145. The van der Waals surface area contributed by atoms with Crippen LogP contribution in [0.4, 0.5) is 0 Å². The molecule has 1 unspecified atom stereocenters. The SMILES string of the molecule is CC1=[C-]CC(C)C1(C)C.[Li+]. The van der Waals surface area contributed by atoms with Gasteiger partial charge in [0.1, 0.15) is 0 Å². The van der Waals surface area contributed by atoms with Gasteiger partial charge in [0.05, 0.1) is 0 Å². The van der Waals surface area contributed by atoms with Gasteiger partial charge in [-0.15, -0.1) is 0 Å². The summed E-state index contributed by atoms with van der Waals surface area (Å²) in [5.74, 6) is 0.789. The third kappa shape index (κ3) is 1.49. The molecule has 1 aliphatic rings. The molecule has 0 aromatic heterocycles. The summed E-state index contributed by atoms with van der Waals surface area (Å²) in [5.41, 5.74) is 1.86. The Morgan fingerprint density at radius 2 is 2.00 bits per heavy atom. The van der Waals surface area contributed by atoms with E-state index in [1.807, 2.05) is 0 Å². The molecule has 0 aliphatic heterocycles. The molecule has 0 heterocycles. The fraction of sp³-hybridized carbons (Fsp3) is 0.778. The number of rotatable bonds is 0. The Labute approximate surface area is 76.3 Å². The summed E-state index contributed by atoms with van der Waals surface area (Å²) < 4.78 is 0. The van der Waals surface area contributed by atoms with Gasteiger partial charge in [-0.05, 0) is 5.41 Å². The molecule has 0 aromatic rings. The van der Waals surface area contributed by atoms with Crippen molar-refractivity contribution in [3.8, 4) is 0 Å². The topological polar surface area (TPSA) is 0 Å². The van der Waals surface area contributed by atoms with E-state index in [0.29, 0.717) is 5.41 Å². The van der Waals surface area contributed by atoms with Crippen molar-refractivity contribution in [2.24, 2.45) is 11.3 Å². The number of allylic oxidation sites excluding steroid dienone is 2. The van der Waals surface area contributed by atoms with Crippen LogP contribution in [0.3, 0.4) is 0 Å². The second kappa shape index (κ2) is 3.16. The van der Waals surface area contributed by atoms with E-state index in [4.69, 9.17) is 0 Å². The van der Waals surface area contributed by atoms with E-state index in [1.165, 1.54) is 5.57 Å². The molecule has 0 spiro atoms. The van der Waals surface area contributed by atoms with Crippen LogP contribution in [0.1, 0.15) is 34.1 Å². The second-order valence-corrected chi connectivity index (χ2v) is 3.63. The van der Waals surface area contributed by atoms with Crippen molar-refractivity contribution in [2.75, 3.05) is 0 Å². The van der Waals surface area contributed by atoms with E-state index in [1.54, 1.807) is 0 Å². The van der Waals surface area contributed by atoms with Gasteiger partial charge in [-0.25, -0.2) is 0 Å². The molecule has 52 valence electrons. The van der Waals surface area contributed by atoms with Crippen LogP contribution in [0.15, 0.2) is 5.57 Å². The van der Waals surface area contributed by atoms with Gasteiger partial charge in [-0.2, -0.15) is 6.42 Å². The maximum absolute atomic E-state index is 3.38. The summed E-state index contributed by atoms with van der Waals surface area (Å²) in [6, 6.07) is 0. The molecule has 1 atom stereocenters. The first-order valence-corrected chi connectivity index (χ1v) is 3.63. The molecule has 1 heteroatoms. The van der Waals surface area contributed by atoms with E-state index in [0.717, 1.165) is 12.3 Å². The molecule has 0 nitrogen and oxygen atoms in total. The first-order chi connectivity index (χ1) is 4.05. The van der Waals surface area contributed by atoms with E-state index in [9.17, 15) is 0 Å². The third-order valence-corrected chi connectivity index (χ3v) is 2.87. The maximum atomic E-state index is 3.38. The largest absolute Gasteiger partial charge is 1.00 e. The molecule has 0 fully saturated rings. The summed E-state index contributed by atoms with van der Waals surface area (Å²) in [4.78, 5) is 0. The van der Waals surface area contributed by atoms with E-state index >= 15 is 0 Å². The van der Waals surface area contributed by atoms with E-state index < -0.39 is 0 Å². The van der Waals surface area contributed by atoms with E-state index in [2.05, 4.69) is 33.8 Å². The smallest absolute Gasteiger partial charge is 0.497 e.